The van der Waals surface area contributed by atoms with Crippen molar-refractivity contribution in [1.29, 1.82) is 0 Å². The molecular weight excluding hydrogens is 402 g/mol. The molecule has 0 radical (unpaired) electrons. The van der Waals surface area contributed by atoms with Crippen molar-refractivity contribution in [3.8, 4) is 5.75 Å². The van der Waals surface area contributed by atoms with Gasteiger partial charge in [0.2, 0.25) is 5.91 Å². The number of aromatic nitrogens is 4. The molecule has 5 rings (SSSR count). The van der Waals surface area contributed by atoms with E-state index in [1.165, 1.54) is 21.5 Å². The minimum absolute atomic E-state index is 0.122. The number of ether oxygens (including phenoxy) is 1. The van der Waals surface area contributed by atoms with Crippen LogP contribution in [-0.2, 0) is 30.7 Å². The maximum absolute atomic E-state index is 12.6. The largest absolute Gasteiger partial charge is 0.497 e. The number of hydrogen-bond acceptors (Lipinski definition) is 6. The van der Waals surface area contributed by atoms with E-state index in [1.807, 2.05) is 24.3 Å². The van der Waals surface area contributed by atoms with E-state index in [0.29, 0.717) is 12.2 Å². The van der Waals surface area contributed by atoms with Gasteiger partial charge in [-0.3, -0.25) is 4.79 Å². The van der Waals surface area contributed by atoms with Crippen LogP contribution in [-0.4, -0.2) is 32.2 Å². The van der Waals surface area contributed by atoms with Gasteiger partial charge in [0.05, 0.1) is 12.5 Å². The third kappa shape index (κ3) is 3.24. The Labute approximate surface area is 176 Å². The number of carbonyl (C=O) groups is 1. The summed E-state index contributed by atoms with van der Waals surface area (Å²) in [6, 6.07) is 7.48. The summed E-state index contributed by atoms with van der Waals surface area (Å²) in [4.78, 5) is 36.1. The van der Waals surface area contributed by atoms with Crippen LogP contribution < -0.4 is 15.7 Å². The van der Waals surface area contributed by atoms with Crippen LogP contribution in [0.15, 0.2) is 35.4 Å². The number of aryl methyl sites for hydroxylation is 2. The molecule has 154 valence electrons. The molecule has 0 fully saturated rings. The normalized spacial score (nSPS) is 13.5. The van der Waals surface area contributed by atoms with E-state index in [9.17, 15) is 9.59 Å². The number of carbonyl (C=O) groups excluding carboxylic acids is 1. The summed E-state index contributed by atoms with van der Waals surface area (Å²) in [5.41, 5.74) is 2.32. The van der Waals surface area contributed by atoms with Gasteiger partial charge in [0.25, 0.3) is 0 Å². The first-order valence-corrected chi connectivity index (χ1v) is 10.7. The zero-order chi connectivity index (χ0) is 20.7. The van der Waals surface area contributed by atoms with Crippen molar-refractivity contribution in [2.45, 2.75) is 38.8 Å². The van der Waals surface area contributed by atoms with Gasteiger partial charge in [0.15, 0.2) is 5.65 Å². The number of hydrogen-bond donors (Lipinski definition) is 1. The molecule has 0 bridgehead atoms. The van der Waals surface area contributed by atoms with Gasteiger partial charge in [-0.1, -0.05) is 12.1 Å². The van der Waals surface area contributed by atoms with Crippen molar-refractivity contribution in [3.63, 3.8) is 0 Å². The molecule has 30 heavy (non-hydrogen) atoms. The quantitative estimate of drug-likeness (QED) is 0.532. The molecule has 0 saturated heterocycles. The summed E-state index contributed by atoms with van der Waals surface area (Å²) < 4.78 is 8.14. The highest BCUT2D eigenvalue weighted by atomic mass is 32.1. The number of amides is 1. The molecule has 1 N–H and O–H groups in total. The zero-order valence-corrected chi connectivity index (χ0v) is 17.4. The Bertz CT molecular complexity index is 1320. The molecule has 1 amide bonds. The van der Waals surface area contributed by atoms with Crippen LogP contribution in [0.25, 0.3) is 15.9 Å². The number of methoxy groups -OCH3 is 1. The third-order valence-corrected chi connectivity index (χ3v) is 6.68. The highest BCUT2D eigenvalue weighted by molar-refractivity contribution is 7.19. The Kier molecular flexibility index (Phi) is 4.74. The Morgan fingerprint density at radius 2 is 2.17 bits per heavy atom. The molecule has 3 aromatic heterocycles. The fraction of sp³-hybridized carbons (Fsp3) is 0.333. The lowest BCUT2D eigenvalue weighted by Gasteiger charge is -2.10. The average Bonchev–Trinajstić information content (AvgIpc) is 3.30. The van der Waals surface area contributed by atoms with E-state index in [1.54, 1.807) is 29.3 Å². The highest BCUT2D eigenvalue weighted by Crippen LogP contribution is 2.36. The van der Waals surface area contributed by atoms with Crippen molar-refractivity contribution in [1.82, 2.24) is 24.5 Å². The van der Waals surface area contributed by atoms with Gasteiger partial charge in [-0.2, -0.15) is 4.98 Å². The molecule has 0 spiro atoms. The first-order chi connectivity index (χ1) is 14.6. The molecule has 8 nitrogen and oxygen atoms in total. The van der Waals surface area contributed by atoms with E-state index < -0.39 is 5.69 Å². The number of nitrogens with zero attached hydrogens (tertiary/aromatic N) is 4. The van der Waals surface area contributed by atoms with Crippen LogP contribution in [0.1, 0.15) is 28.8 Å². The van der Waals surface area contributed by atoms with Crippen LogP contribution in [0.5, 0.6) is 5.75 Å². The molecule has 0 unspecified atom stereocenters. The van der Waals surface area contributed by atoms with Crippen molar-refractivity contribution in [2.75, 3.05) is 7.11 Å². The van der Waals surface area contributed by atoms with Crippen molar-refractivity contribution in [2.24, 2.45) is 0 Å². The molecule has 1 aliphatic carbocycles. The minimum Gasteiger partial charge on any atom is -0.497 e. The van der Waals surface area contributed by atoms with E-state index >= 15 is 0 Å². The standard InChI is InChI=1S/C21H21N5O3S/c1-29-14-6-4-5-13(9-14)10-22-17(27)11-25-21(28)24-19-18-15-7-2-3-8-16(15)30-20(18)23-12-26(19)25/h4-6,9,12H,2-3,7-8,10-11H2,1H3,(H,22,27). The molecule has 9 heteroatoms. The Hall–Kier alpha value is -3.20. The van der Waals surface area contributed by atoms with E-state index in [0.717, 1.165) is 40.8 Å². The number of rotatable bonds is 5. The molecule has 0 saturated carbocycles. The fourth-order valence-electron chi connectivity index (χ4n) is 3.99. The van der Waals surface area contributed by atoms with Gasteiger partial charge in [-0.15, -0.1) is 11.3 Å². The van der Waals surface area contributed by atoms with Crippen LogP contribution in [0.2, 0.25) is 0 Å². The van der Waals surface area contributed by atoms with Gasteiger partial charge < -0.3 is 10.1 Å². The third-order valence-electron chi connectivity index (χ3n) is 5.48. The smallest absolute Gasteiger partial charge is 0.365 e. The molecule has 1 aliphatic rings. The Morgan fingerprint density at radius 1 is 1.30 bits per heavy atom. The van der Waals surface area contributed by atoms with E-state index in [2.05, 4.69) is 15.3 Å². The number of nitrogens with one attached hydrogen (secondary N) is 1. The molecule has 3 heterocycles. The summed E-state index contributed by atoms with van der Waals surface area (Å²) in [6.45, 7) is 0.228. The van der Waals surface area contributed by atoms with E-state index in [-0.39, 0.29) is 12.5 Å². The van der Waals surface area contributed by atoms with E-state index in [4.69, 9.17) is 4.74 Å². The van der Waals surface area contributed by atoms with Gasteiger partial charge in [0.1, 0.15) is 23.5 Å². The number of benzene rings is 1. The van der Waals surface area contributed by atoms with Crippen LogP contribution in [0.3, 0.4) is 0 Å². The van der Waals surface area contributed by atoms with Crippen LogP contribution >= 0.6 is 11.3 Å². The molecule has 0 atom stereocenters. The zero-order valence-electron chi connectivity index (χ0n) is 16.6. The lowest BCUT2D eigenvalue weighted by Crippen LogP contribution is -2.32. The number of thiophene rings is 1. The Morgan fingerprint density at radius 3 is 3.03 bits per heavy atom. The maximum Gasteiger partial charge on any atom is 0.365 e. The monoisotopic (exact) mass is 423 g/mol. The first-order valence-electron chi connectivity index (χ1n) is 9.92. The van der Waals surface area contributed by atoms with Crippen molar-refractivity contribution < 1.29 is 9.53 Å². The van der Waals surface area contributed by atoms with Gasteiger partial charge in [0, 0.05) is 11.4 Å². The summed E-state index contributed by atoms with van der Waals surface area (Å²) in [5.74, 6) is 0.461. The number of fused-ring (bicyclic) bond motifs is 5. The predicted octanol–water partition coefficient (Wildman–Crippen LogP) is 2.31. The van der Waals surface area contributed by atoms with Gasteiger partial charge >= 0.3 is 5.69 Å². The Balaban J connectivity index is 1.42. The predicted molar refractivity (Wildman–Crippen MR) is 114 cm³/mol. The summed E-state index contributed by atoms with van der Waals surface area (Å²) in [5, 5.41) is 3.81. The summed E-state index contributed by atoms with van der Waals surface area (Å²) >= 11 is 1.69. The van der Waals surface area contributed by atoms with Crippen LogP contribution in [0.4, 0.5) is 0 Å². The van der Waals surface area contributed by atoms with Crippen molar-refractivity contribution >= 4 is 33.1 Å². The second-order valence-electron chi connectivity index (χ2n) is 7.38. The second-order valence-corrected chi connectivity index (χ2v) is 8.47. The van der Waals surface area contributed by atoms with Crippen LogP contribution in [0, 0.1) is 0 Å². The molecule has 4 aromatic rings. The lowest BCUT2D eigenvalue weighted by molar-refractivity contribution is -0.122. The highest BCUT2D eigenvalue weighted by Gasteiger charge is 2.22. The van der Waals surface area contributed by atoms with Gasteiger partial charge in [-0.25, -0.2) is 19.0 Å². The second kappa shape index (κ2) is 7.56. The SMILES string of the molecule is COc1cccc(CNC(=O)Cn2c(=O)nc3c4c5c(sc4ncn32)CCCC5)c1. The average molecular weight is 423 g/mol. The first kappa shape index (κ1) is 18.8. The van der Waals surface area contributed by atoms with Gasteiger partial charge in [-0.05, 0) is 48.9 Å². The topological polar surface area (TPSA) is 90.5 Å². The lowest BCUT2D eigenvalue weighted by atomic mass is 9.97. The molecule has 0 aliphatic heterocycles. The van der Waals surface area contributed by atoms with Crippen molar-refractivity contribution in [3.05, 3.63) is 57.1 Å². The minimum atomic E-state index is -0.448. The summed E-state index contributed by atoms with van der Waals surface area (Å²) in [6.07, 6.45) is 5.95. The maximum atomic E-state index is 12.6. The molecule has 1 aromatic carbocycles. The fourth-order valence-corrected chi connectivity index (χ4v) is 5.22. The summed E-state index contributed by atoms with van der Waals surface area (Å²) in [7, 11) is 1.60. The molecular formula is C21H21N5O3S.